The molecule has 0 radical (unpaired) electrons. The van der Waals surface area contributed by atoms with Gasteiger partial charge in [0.05, 0.1) is 18.6 Å². The van der Waals surface area contributed by atoms with E-state index in [1.54, 1.807) is 31.4 Å². The Morgan fingerprint density at radius 3 is 2.39 bits per heavy atom. The molecule has 0 saturated carbocycles. The summed E-state index contributed by atoms with van der Waals surface area (Å²) >= 11 is 0. The fourth-order valence-electron chi connectivity index (χ4n) is 2.82. The lowest BCUT2D eigenvalue weighted by Gasteiger charge is -2.12. The lowest BCUT2D eigenvalue weighted by molar-refractivity contribution is -0.384. The van der Waals surface area contributed by atoms with E-state index in [-0.39, 0.29) is 18.2 Å². The Bertz CT molecular complexity index is 1020. The van der Waals surface area contributed by atoms with Gasteiger partial charge in [0, 0.05) is 17.7 Å². The zero-order valence-corrected chi connectivity index (χ0v) is 16.9. The quantitative estimate of drug-likeness (QED) is 0.303. The Labute approximate surface area is 179 Å². The summed E-state index contributed by atoms with van der Waals surface area (Å²) in [4.78, 5) is 22.8. The number of amides is 1. The molecule has 31 heavy (non-hydrogen) atoms. The first-order valence-electron chi connectivity index (χ1n) is 9.57. The molecule has 0 saturated heterocycles. The van der Waals surface area contributed by atoms with Gasteiger partial charge in [-0.2, -0.15) is 0 Å². The number of para-hydroxylation sites is 1. The number of nitrogens with one attached hydrogen (secondary N) is 1. The summed E-state index contributed by atoms with van der Waals surface area (Å²) in [6, 6.07) is 20.6. The summed E-state index contributed by atoms with van der Waals surface area (Å²) < 4.78 is 16.3. The highest BCUT2D eigenvalue weighted by Crippen LogP contribution is 2.34. The minimum absolute atomic E-state index is 0.0688. The lowest BCUT2D eigenvalue weighted by Crippen LogP contribution is -2.32. The van der Waals surface area contributed by atoms with Crippen LogP contribution in [0.4, 0.5) is 5.69 Å². The Kier molecular flexibility index (Phi) is 7.42. The van der Waals surface area contributed by atoms with Crippen LogP contribution in [0.15, 0.2) is 72.8 Å². The second-order valence-corrected chi connectivity index (χ2v) is 6.47. The van der Waals surface area contributed by atoms with E-state index < -0.39 is 4.92 Å². The molecule has 0 unspecified atom stereocenters. The lowest BCUT2D eigenvalue weighted by atomic mass is 10.0. The molecule has 0 heterocycles. The van der Waals surface area contributed by atoms with Gasteiger partial charge in [0.2, 0.25) is 0 Å². The van der Waals surface area contributed by atoms with Crippen molar-refractivity contribution < 1.29 is 23.9 Å². The van der Waals surface area contributed by atoms with Gasteiger partial charge in [-0.1, -0.05) is 30.3 Å². The number of hydrogen-bond donors (Lipinski definition) is 1. The molecule has 160 valence electrons. The Hall–Kier alpha value is -4.07. The third kappa shape index (κ3) is 6.20. The van der Waals surface area contributed by atoms with Crippen molar-refractivity contribution in [2.24, 2.45) is 0 Å². The van der Waals surface area contributed by atoms with Gasteiger partial charge in [0.25, 0.3) is 11.6 Å². The molecule has 3 rings (SSSR count). The average molecular weight is 422 g/mol. The molecule has 8 heteroatoms. The number of ether oxygens (including phenoxy) is 3. The molecule has 1 N–H and O–H groups in total. The molecular formula is C23H22N2O6. The molecule has 0 aliphatic heterocycles. The number of non-ortho nitro benzene ring substituents is 1. The zero-order chi connectivity index (χ0) is 22.1. The summed E-state index contributed by atoms with van der Waals surface area (Å²) in [5.41, 5.74) is 1.15. The highest BCUT2D eigenvalue weighted by Gasteiger charge is 2.15. The predicted molar refractivity (Wildman–Crippen MR) is 116 cm³/mol. The number of carbonyl (C=O) groups excluding carboxylic acids is 1. The van der Waals surface area contributed by atoms with Crippen molar-refractivity contribution in [3.05, 3.63) is 82.9 Å². The van der Waals surface area contributed by atoms with Gasteiger partial charge in [-0.15, -0.1) is 0 Å². The standard InChI is InChI=1S/C23H22N2O6/c1-29-19-10-7-17(8-11-19)21-15-18(25(27)28)9-12-22(21)31-16-23(26)24-13-14-30-20-5-3-2-4-6-20/h2-12,15H,13-14,16H2,1H3,(H,24,26). The van der Waals surface area contributed by atoms with Crippen LogP contribution in [0, 0.1) is 10.1 Å². The molecule has 0 spiro atoms. The average Bonchev–Trinajstić information content (AvgIpc) is 2.81. The summed E-state index contributed by atoms with van der Waals surface area (Å²) in [5, 5.41) is 13.9. The number of nitrogens with zero attached hydrogens (tertiary/aromatic N) is 1. The van der Waals surface area contributed by atoms with Crippen LogP contribution in [0.2, 0.25) is 0 Å². The first kappa shape index (κ1) is 21.6. The van der Waals surface area contributed by atoms with Crippen LogP contribution in [0.5, 0.6) is 17.2 Å². The van der Waals surface area contributed by atoms with Crippen molar-refractivity contribution in [1.29, 1.82) is 0 Å². The van der Waals surface area contributed by atoms with Crippen LogP contribution < -0.4 is 19.5 Å². The fraction of sp³-hybridized carbons (Fsp3) is 0.174. The first-order chi connectivity index (χ1) is 15.1. The number of nitro groups is 1. The van der Waals surface area contributed by atoms with Crippen LogP contribution >= 0.6 is 0 Å². The number of rotatable bonds is 10. The Morgan fingerprint density at radius 1 is 0.968 bits per heavy atom. The van der Waals surface area contributed by atoms with E-state index in [4.69, 9.17) is 14.2 Å². The van der Waals surface area contributed by atoms with Gasteiger partial charge < -0.3 is 19.5 Å². The number of carbonyl (C=O) groups is 1. The summed E-state index contributed by atoms with van der Waals surface area (Å²) in [6.45, 7) is 0.416. The maximum Gasteiger partial charge on any atom is 0.270 e. The first-order valence-corrected chi connectivity index (χ1v) is 9.57. The number of benzene rings is 3. The summed E-state index contributed by atoms with van der Waals surface area (Å²) in [7, 11) is 1.56. The summed E-state index contributed by atoms with van der Waals surface area (Å²) in [5.74, 6) is 1.43. The zero-order valence-electron chi connectivity index (χ0n) is 16.9. The molecule has 0 aromatic heterocycles. The Balaban J connectivity index is 1.60. The normalized spacial score (nSPS) is 10.2. The van der Waals surface area contributed by atoms with Gasteiger partial charge in [0.15, 0.2) is 6.61 Å². The van der Waals surface area contributed by atoms with Gasteiger partial charge in [0.1, 0.15) is 23.9 Å². The summed E-state index contributed by atoms with van der Waals surface area (Å²) in [6.07, 6.45) is 0. The number of hydrogen-bond acceptors (Lipinski definition) is 6. The van der Waals surface area contributed by atoms with Crippen molar-refractivity contribution in [3.63, 3.8) is 0 Å². The van der Waals surface area contributed by atoms with E-state index in [0.717, 1.165) is 5.75 Å². The van der Waals surface area contributed by atoms with Crippen LogP contribution in [-0.2, 0) is 4.79 Å². The maximum absolute atomic E-state index is 12.1. The van der Waals surface area contributed by atoms with Gasteiger partial charge in [-0.3, -0.25) is 14.9 Å². The van der Waals surface area contributed by atoms with Gasteiger partial charge in [-0.25, -0.2) is 0 Å². The van der Waals surface area contributed by atoms with E-state index in [0.29, 0.717) is 35.8 Å². The van der Waals surface area contributed by atoms with Crippen molar-refractivity contribution in [1.82, 2.24) is 5.32 Å². The van der Waals surface area contributed by atoms with E-state index in [2.05, 4.69) is 5.32 Å². The third-order valence-electron chi connectivity index (χ3n) is 4.37. The van der Waals surface area contributed by atoms with E-state index >= 15 is 0 Å². The molecular weight excluding hydrogens is 400 g/mol. The van der Waals surface area contributed by atoms with Crippen molar-refractivity contribution in [2.75, 3.05) is 26.9 Å². The molecule has 0 bridgehead atoms. The fourth-order valence-corrected chi connectivity index (χ4v) is 2.82. The molecule has 0 atom stereocenters. The second kappa shape index (κ2) is 10.6. The maximum atomic E-state index is 12.1. The van der Waals surface area contributed by atoms with Gasteiger partial charge in [-0.05, 0) is 35.9 Å². The molecule has 8 nitrogen and oxygen atoms in total. The van der Waals surface area contributed by atoms with Crippen molar-refractivity contribution >= 4 is 11.6 Å². The SMILES string of the molecule is COc1ccc(-c2cc([N+](=O)[O-])ccc2OCC(=O)NCCOc2ccccc2)cc1. The smallest absolute Gasteiger partial charge is 0.270 e. The van der Waals surface area contributed by atoms with Crippen LogP contribution in [0.1, 0.15) is 0 Å². The van der Waals surface area contributed by atoms with Crippen molar-refractivity contribution in [3.8, 4) is 28.4 Å². The third-order valence-corrected chi connectivity index (χ3v) is 4.37. The van der Waals surface area contributed by atoms with Crippen LogP contribution in [0.25, 0.3) is 11.1 Å². The number of methoxy groups -OCH3 is 1. The monoisotopic (exact) mass is 422 g/mol. The molecule has 1 amide bonds. The molecule has 0 fully saturated rings. The minimum Gasteiger partial charge on any atom is -0.497 e. The highest BCUT2D eigenvalue weighted by molar-refractivity contribution is 5.78. The van der Waals surface area contributed by atoms with E-state index in [9.17, 15) is 14.9 Å². The number of nitro benzene ring substituents is 1. The minimum atomic E-state index is -0.476. The molecule has 3 aromatic rings. The van der Waals surface area contributed by atoms with E-state index in [1.165, 1.54) is 18.2 Å². The van der Waals surface area contributed by atoms with E-state index in [1.807, 2.05) is 30.3 Å². The largest absolute Gasteiger partial charge is 0.497 e. The molecule has 3 aromatic carbocycles. The van der Waals surface area contributed by atoms with Crippen LogP contribution in [0.3, 0.4) is 0 Å². The van der Waals surface area contributed by atoms with Gasteiger partial charge >= 0.3 is 0 Å². The second-order valence-electron chi connectivity index (χ2n) is 6.47. The highest BCUT2D eigenvalue weighted by atomic mass is 16.6. The molecule has 0 aliphatic carbocycles. The topological polar surface area (TPSA) is 99.9 Å². The molecule has 0 aliphatic rings. The van der Waals surface area contributed by atoms with Crippen LogP contribution in [-0.4, -0.2) is 37.7 Å². The van der Waals surface area contributed by atoms with Crippen molar-refractivity contribution in [2.45, 2.75) is 0 Å². The predicted octanol–water partition coefficient (Wildman–Crippen LogP) is 3.84. The Morgan fingerprint density at radius 2 is 1.71 bits per heavy atom.